The lowest BCUT2D eigenvalue weighted by Gasteiger charge is -2.16. The van der Waals surface area contributed by atoms with Gasteiger partial charge in [0.1, 0.15) is 11.4 Å². The van der Waals surface area contributed by atoms with Gasteiger partial charge in [-0.2, -0.15) is 0 Å². The van der Waals surface area contributed by atoms with E-state index in [0.29, 0.717) is 33.1 Å². The van der Waals surface area contributed by atoms with Crippen molar-refractivity contribution in [2.24, 2.45) is 0 Å². The Kier molecular flexibility index (Phi) is 3.91. The van der Waals surface area contributed by atoms with Crippen molar-refractivity contribution in [3.05, 3.63) is 52.1 Å². The molecule has 0 saturated heterocycles. The van der Waals surface area contributed by atoms with Crippen molar-refractivity contribution in [1.29, 1.82) is 0 Å². The van der Waals surface area contributed by atoms with E-state index >= 15 is 0 Å². The van der Waals surface area contributed by atoms with Crippen molar-refractivity contribution < 1.29 is 13.2 Å². The van der Waals surface area contributed by atoms with Gasteiger partial charge in [-0.15, -0.1) is 0 Å². The van der Waals surface area contributed by atoms with Crippen LogP contribution in [-0.2, 0) is 16.4 Å². The number of H-pyrrole nitrogens is 1. The summed E-state index contributed by atoms with van der Waals surface area (Å²) in [7, 11) is -3.78. The quantitative estimate of drug-likeness (QED) is 0.638. The van der Waals surface area contributed by atoms with Crippen LogP contribution >= 0.6 is 23.2 Å². The molecule has 0 radical (unpaired) electrons. The average molecular weight is 411 g/mol. The van der Waals surface area contributed by atoms with Gasteiger partial charge in [0, 0.05) is 18.0 Å². The van der Waals surface area contributed by atoms with Gasteiger partial charge in [-0.05, 0) is 49.7 Å². The molecule has 0 amide bonds. The van der Waals surface area contributed by atoms with Gasteiger partial charge in [-0.3, -0.25) is 4.72 Å². The molecule has 0 atom stereocenters. The summed E-state index contributed by atoms with van der Waals surface area (Å²) in [5.74, 6) is 0.721. The Bertz CT molecular complexity index is 1140. The van der Waals surface area contributed by atoms with Gasteiger partial charge in [0.25, 0.3) is 10.0 Å². The number of rotatable bonds is 3. The summed E-state index contributed by atoms with van der Waals surface area (Å²) in [6.07, 6.45) is 2.23. The number of fused-ring (bicyclic) bond motifs is 2. The fourth-order valence-electron chi connectivity index (χ4n) is 3.21. The van der Waals surface area contributed by atoms with Gasteiger partial charge in [0.2, 0.25) is 0 Å². The predicted octanol–water partition coefficient (Wildman–Crippen LogP) is 4.99. The van der Waals surface area contributed by atoms with Crippen LogP contribution in [-0.4, -0.2) is 19.0 Å². The number of anilines is 1. The minimum atomic E-state index is -3.78. The van der Waals surface area contributed by atoms with Gasteiger partial charge in [-0.1, -0.05) is 23.2 Å². The highest BCUT2D eigenvalue weighted by Gasteiger charge is 2.31. The van der Waals surface area contributed by atoms with Crippen molar-refractivity contribution in [3.63, 3.8) is 0 Å². The highest BCUT2D eigenvalue weighted by atomic mass is 35.5. The molecule has 1 aliphatic heterocycles. The molecule has 8 heteroatoms. The van der Waals surface area contributed by atoms with Gasteiger partial charge in [0.15, 0.2) is 0 Å². The first-order valence-electron chi connectivity index (χ1n) is 7.96. The number of nitrogens with one attached hydrogen (secondary N) is 2. The molecule has 0 unspecified atom stereocenters. The molecule has 26 heavy (non-hydrogen) atoms. The van der Waals surface area contributed by atoms with Crippen LogP contribution in [0.2, 0.25) is 10.0 Å². The van der Waals surface area contributed by atoms with E-state index in [-0.39, 0.29) is 10.5 Å². The predicted molar refractivity (Wildman–Crippen MR) is 104 cm³/mol. The highest BCUT2D eigenvalue weighted by molar-refractivity contribution is 7.92. The molecule has 0 saturated carbocycles. The standard InChI is InChI=1S/C18H16Cl2N2O3S/c1-18(2)8-10-7-11(3-6-15(10)25-18)26(23,24)22-14-5-4-12(19)16-13(20)9-21-17(14)16/h3-7,9,21-22H,8H2,1-2H3. The minimum absolute atomic E-state index is 0.179. The third-order valence-electron chi connectivity index (χ3n) is 4.33. The minimum Gasteiger partial charge on any atom is -0.487 e. The summed E-state index contributed by atoms with van der Waals surface area (Å²) in [6.45, 7) is 3.94. The molecule has 2 aromatic carbocycles. The van der Waals surface area contributed by atoms with Crippen LogP contribution in [0.15, 0.2) is 41.4 Å². The van der Waals surface area contributed by atoms with E-state index in [2.05, 4.69) is 9.71 Å². The van der Waals surface area contributed by atoms with Crippen molar-refractivity contribution in [2.45, 2.75) is 30.8 Å². The highest BCUT2D eigenvalue weighted by Crippen LogP contribution is 2.38. The monoisotopic (exact) mass is 410 g/mol. The second-order valence-corrected chi connectivity index (χ2v) is 9.39. The maximum atomic E-state index is 12.9. The summed E-state index contributed by atoms with van der Waals surface area (Å²) in [5.41, 5.74) is 1.47. The van der Waals surface area contributed by atoms with E-state index in [1.807, 2.05) is 13.8 Å². The van der Waals surface area contributed by atoms with E-state index < -0.39 is 10.0 Å². The largest absolute Gasteiger partial charge is 0.487 e. The zero-order valence-electron chi connectivity index (χ0n) is 14.1. The zero-order chi connectivity index (χ0) is 18.7. The average Bonchev–Trinajstić information content (AvgIpc) is 3.08. The molecule has 0 fully saturated rings. The van der Waals surface area contributed by atoms with Crippen LogP contribution in [0.1, 0.15) is 19.4 Å². The number of halogens is 2. The van der Waals surface area contributed by atoms with E-state index in [4.69, 9.17) is 27.9 Å². The Labute approximate surface area is 161 Å². The number of benzene rings is 2. The summed E-state index contributed by atoms with van der Waals surface area (Å²) in [6, 6.07) is 8.11. The fourth-order valence-corrected chi connectivity index (χ4v) is 4.89. The number of aromatic nitrogens is 1. The first-order valence-corrected chi connectivity index (χ1v) is 10.2. The van der Waals surface area contributed by atoms with Crippen LogP contribution < -0.4 is 9.46 Å². The Balaban J connectivity index is 1.73. The summed E-state index contributed by atoms with van der Waals surface area (Å²) < 4.78 is 34.1. The molecule has 5 nitrogen and oxygen atoms in total. The molecule has 0 bridgehead atoms. The number of hydrogen-bond donors (Lipinski definition) is 2. The lowest BCUT2D eigenvalue weighted by Crippen LogP contribution is -2.24. The molecule has 0 aliphatic carbocycles. The van der Waals surface area contributed by atoms with Crippen molar-refractivity contribution in [2.75, 3.05) is 4.72 Å². The number of hydrogen-bond acceptors (Lipinski definition) is 3. The Morgan fingerprint density at radius 3 is 2.69 bits per heavy atom. The third kappa shape index (κ3) is 2.92. The molecule has 1 aliphatic rings. The molecule has 2 heterocycles. The molecule has 0 spiro atoms. The molecule has 136 valence electrons. The van der Waals surface area contributed by atoms with Crippen LogP contribution in [0, 0.1) is 0 Å². The van der Waals surface area contributed by atoms with Crippen molar-refractivity contribution in [3.8, 4) is 5.75 Å². The number of aromatic amines is 1. The van der Waals surface area contributed by atoms with E-state index in [9.17, 15) is 8.42 Å². The fraction of sp³-hybridized carbons (Fsp3) is 0.222. The Hall–Kier alpha value is -1.89. The summed E-state index contributed by atoms with van der Waals surface area (Å²) >= 11 is 12.3. The lowest BCUT2D eigenvalue weighted by molar-refractivity contribution is 0.138. The van der Waals surface area contributed by atoms with E-state index in [1.165, 1.54) is 6.07 Å². The summed E-state index contributed by atoms with van der Waals surface area (Å²) in [5, 5.41) is 1.46. The number of ether oxygens (including phenoxy) is 1. The maximum Gasteiger partial charge on any atom is 0.261 e. The van der Waals surface area contributed by atoms with E-state index in [1.54, 1.807) is 30.5 Å². The molecule has 3 aromatic rings. The second kappa shape index (κ2) is 5.81. The van der Waals surface area contributed by atoms with Gasteiger partial charge in [-0.25, -0.2) is 8.42 Å². The molecule has 1 aromatic heterocycles. The van der Waals surface area contributed by atoms with Crippen molar-refractivity contribution >= 4 is 49.8 Å². The topological polar surface area (TPSA) is 71.2 Å². The molecular formula is C18H16Cl2N2O3S. The van der Waals surface area contributed by atoms with Crippen LogP contribution in [0.3, 0.4) is 0 Å². The lowest BCUT2D eigenvalue weighted by atomic mass is 10.0. The smallest absolute Gasteiger partial charge is 0.261 e. The van der Waals surface area contributed by atoms with Crippen LogP contribution in [0.25, 0.3) is 10.9 Å². The van der Waals surface area contributed by atoms with Gasteiger partial charge >= 0.3 is 0 Å². The van der Waals surface area contributed by atoms with Crippen molar-refractivity contribution in [1.82, 2.24) is 4.98 Å². The van der Waals surface area contributed by atoms with E-state index in [0.717, 1.165) is 11.3 Å². The summed E-state index contributed by atoms with van der Waals surface area (Å²) in [4.78, 5) is 3.14. The second-order valence-electron chi connectivity index (χ2n) is 6.90. The molecular weight excluding hydrogens is 395 g/mol. The van der Waals surface area contributed by atoms with Crippen LogP contribution in [0.5, 0.6) is 5.75 Å². The maximum absolute atomic E-state index is 12.9. The van der Waals surface area contributed by atoms with Gasteiger partial charge in [0.05, 0.1) is 26.1 Å². The SMILES string of the molecule is CC1(C)Cc2cc(S(=O)(=O)Nc3ccc(Cl)c4c(Cl)c[nH]c34)ccc2O1. The normalized spacial score (nSPS) is 15.7. The number of sulfonamides is 1. The Morgan fingerprint density at radius 2 is 1.92 bits per heavy atom. The van der Waals surface area contributed by atoms with Gasteiger partial charge < -0.3 is 9.72 Å². The molecule has 4 rings (SSSR count). The molecule has 2 N–H and O–H groups in total. The first kappa shape index (κ1) is 17.5. The van der Waals surface area contributed by atoms with Crippen LogP contribution in [0.4, 0.5) is 5.69 Å². The zero-order valence-corrected chi connectivity index (χ0v) is 16.4. The Morgan fingerprint density at radius 1 is 1.15 bits per heavy atom. The first-order chi connectivity index (χ1) is 12.2. The third-order valence-corrected chi connectivity index (χ3v) is 6.30.